The molecule has 30 heavy (non-hydrogen) atoms. The number of rotatable bonds is 7. The second kappa shape index (κ2) is 8.78. The van der Waals surface area contributed by atoms with Crippen molar-refractivity contribution in [1.29, 1.82) is 0 Å². The summed E-state index contributed by atoms with van der Waals surface area (Å²) in [5.74, 6) is 1.04. The van der Waals surface area contributed by atoms with Gasteiger partial charge in [-0.1, -0.05) is 18.5 Å². The summed E-state index contributed by atoms with van der Waals surface area (Å²) in [6, 6.07) is 13.0. The number of Topliss-reactive ketones (excluding diaryl/α,β-unsaturated/α-hetero) is 1. The minimum atomic E-state index is -0.460. The monoisotopic (exact) mass is 426 g/mol. The van der Waals surface area contributed by atoms with Gasteiger partial charge >= 0.3 is 0 Å². The van der Waals surface area contributed by atoms with Gasteiger partial charge in [-0.25, -0.2) is 0 Å². The van der Waals surface area contributed by atoms with Crippen LogP contribution in [0.4, 0.5) is 5.69 Å². The average molecular weight is 427 g/mol. The number of nitrogens with zero attached hydrogens (tertiary/aromatic N) is 1. The summed E-state index contributed by atoms with van der Waals surface area (Å²) in [6.45, 7) is 5.06. The van der Waals surface area contributed by atoms with Crippen molar-refractivity contribution in [2.75, 3.05) is 31.6 Å². The first-order chi connectivity index (χ1) is 14.5. The first-order valence-corrected chi connectivity index (χ1v) is 11.0. The van der Waals surface area contributed by atoms with E-state index in [9.17, 15) is 9.59 Å². The first kappa shape index (κ1) is 20.9. The number of halogens is 1. The predicted molar refractivity (Wildman–Crippen MR) is 119 cm³/mol. The summed E-state index contributed by atoms with van der Waals surface area (Å²) >= 11 is 6.19. The van der Waals surface area contributed by atoms with Gasteiger partial charge in [-0.2, -0.15) is 0 Å². The van der Waals surface area contributed by atoms with Gasteiger partial charge in [0.2, 0.25) is 5.91 Å². The maximum atomic E-state index is 12.7. The van der Waals surface area contributed by atoms with Gasteiger partial charge in [0.15, 0.2) is 5.78 Å². The van der Waals surface area contributed by atoms with Gasteiger partial charge < -0.3 is 10.1 Å². The molecular formula is C24H27ClN2O3. The van der Waals surface area contributed by atoms with Gasteiger partial charge in [0.1, 0.15) is 12.4 Å². The molecule has 0 bridgehead atoms. The number of piperidine rings is 1. The van der Waals surface area contributed by atoms with Gasteiger partial charge in [-0.15, -0.1) is 0 Å². The van der Waals surface area contributed by atoms with E-state index in [0.717, 1.165) is 61.5 Å². The highest BCUT2D eigenvalue weighted by Gasteiger charge is 2.48. The predicted octanol–water partition coefficient (Wildman–Crippen LogP) is 4.69. The van der Waals surface area contributed by atoms with Crippen molar-refractivity contribution in [3.05, 3.63) is 58.6 Å². The number of fused-ring (bicyclic) bond motifs is 2. The number of nitrogens with one attached hydrogen (secondary N) is 1. The number of benzene rings is 2. The molecule has 6 heteroatoms. The van der Waals surface area contributed by atoms with Crippen LogP contribution >= 0.6 is 11.6 Å². The first-order valence-electron chi connectivity index (χ1n) is 10.6. The van der Waals surface area contributed by atoms with Gasteiger partial charge in [-0.05, 0) is 80.4 Å². The average Bonchev–Trinajstić information content (AvgIpc) is 3.01. The van der Waals surface area contributed by atoms with Crippen LogP contribution in [0.25, 0.3) is 0 Å². The minimum absolute atomic E-state index is 0.0911. The van der Waals surface area contributed by atoms with Crippen molar-refractivity contribution in [3.8, 4) is 5.75 Å². The molecule has 1 fully saturated rings. The molecule has 1 amide bonds. The van der Waals surface area contributed by atoms with E-state index in [1.807, 2.05) is 49.4 Å². The zero-order valence-corrected chi connectivity index (χ0v) is 18.0. The molecule has 0 aromatic heterocycles. The molecule has 1 saturated heterocycles. The largest absolute Gasteiger partial charge is 0.492 e. The van der Waals surface area contributed by atoms with Crippen LogP contribution in [0.5, 0.6) is 5.75 Å². The smallest absolute Gasteiger partial charge is 0.235 e. The van der Waals surface area contributed by atoms with Gasteiger partial charge in [0.25, 0.3) is 0 Å². The van der Waals surface area contributed by atoms with E-state index in [-0.39, 0.29) is 11.7 Å². The Kier molecular flexibility index (Phi) is 6.11. The SMILES string of the molecule is CCCC(=O)c1ccc(OCCN2CCC3(CC2)C(=O)Nc2ccc(Cl)cc23)cc1. The summed E-state index contributed by atoms with van der Waals surface area (Å²) in [5.41, 5.74) is 2.20. The number of hydrogen-bond donors (Lipinski definition) is 1. The van der Waals surface area contributed by atoms with Crippen molar-refractivity contribution in [2.24, 2.45) is 0 Å². The molecule has 2 aromatic carbocycles. The van der Waals surface area contributed by atoms with Crippen molar-refractivity contribution < 1.29 is 14.3 Å². The fourth-order valence-corrected chi connectivity index (χ4v) is 4.61. The summed E-state index contributed by atoms with van der Waals surface area (Å²) in [7, 11) is 0. The zero-order chi connectivity index (χ0) is 21.1. The highest BCUT2D eigenvalue weighted by atomic mass is 35.5. The third kappa shape index (κ3) is 4.09. The molecule has 5 nitrogen and oxygen atoms in total. The maximum absolute atomic E-state index is 12.7. The Morgan fingerprint density at radius 1 is 1.17 bits per heavy atom. The Morgan fingerprint density at radius 2 is 1.90 bits per heavy atom. The van der Waals surface area contributed by atoms with Crippen LogP contribution in [0.2, 0.25) is 5.02 Å². The number of ether oxygens (including phenoxy) is 1. The lowest BCUT2D eigenvalue weighted by atomic mass is 9.73. The standard InChI is InChI=1S/C24H27ClN2O3/c1-2-3-22(28)17-4-7-19(8-5-17)30-15-14-27-12-10-24(11-13-27)20-16-18(25)6-9-21(20)26-23(24)29/h4-9,16H,2-3,10-15H2,1H3,(H,26,29). The molecule has 2 heterocycles. The van der Waals surface area contributed by atoms with E-state index in [2.05, 4.69) is 10.2 Å². The van der Waals surface area contributed by atoms with Gasteiger partial charge in [0.05, 0.1) is 5.41 Å². The Morgan fingerprint density at radius 3 is 2.60 bits per heavy atom. The second-order valence-electron chi connectivity index (χ2n) is 8.11. The van der Waals surface area contributed by atoms with Crippen LogP contribution in [0.1, 0.15) is 48.5 Å². The normalized spacial score (nSPS) is 17.6. The zero-order valence-electron chi connectivity index (χ0n) is 17.2. The number of carbonyl (C=O) groups is 2. The summed E-state index contributed by atoms with van der Waals surface area (Å²) < 4.78 is 5.86. The fraction of sp³-hybridized carbons (Fsp3) is 0.417. The Balaban J connectivity index is 1.29. The highest BCUT2D eigenvalue weighted by molar-refractivity contribution is 6.31. The Bertz CT molecular complexity index is 934. The number of likely N-dealkylation sites (tertiary alicyclic amines) is 1. The number of carbonyl (C=O) groups excluding carboxylic acids is 2. The fourth-order valence-electron chi connectivity index (χ4n) is 4.44. The Labute approximate surface area is 182 Å². The van der Waals surface area contributed by atoms with Crippen molar-refractivity contribution >= 4 is 29.0 Å². The van der Waals surface area contributed by atoms with Crippen molar-refractivity contribution in [3.63, 3.8) is 0 Å². The summed E-state index contributed by atoms with van der Waals surface area (Å²) in [4.78, 5) is 27.0. The number of ketones is 1. The third-order valence-corrected chi connectivity index (χ3v) is 6.45. The maximum Gasteiger partial charge on any atom is 0.235 e. The van der Waals surface area contributed by atoms with Crippen LogP contribution in [0, 0.1) is 0 Å². The summed E-state index contributed by atoms with van der Waals surface area (Å²) in [5, 5.41) is 3.69. The molecule has 0 radical (unpaired) electrons. The van der Waals surface area contributed by atoms with E-state index in [4.69, 9.17) is 16.3 Å². The number of anilines is 1. The van der Waals surface area contributed by atoms with E-state index < -0.39 is 5.41 Å². The molecule has 2 aliphatic heterocycles. The molecule has 1 N–H and O–H groups in total. The van der Waals surface area contributed by atoms with E-state index >= 15 is 0 Å². The van der Waals surface area contributed by atoms with E-state index in [0.29, 0.717) is 18.1 Å². The molecule has 2 aliphatic rings. The molecule has 0 saturated carbocycles. The quantitative estimate of drug-likeness (QED) is 0.652. The molecule has 1 spiro atoms. The third-order valence-electron chi connectivity index (χ3n) is 6.22. The lowest BCUT2D eigenvalue weighted by Gasteiger charge is -2.37. The Hall–Kier alpha value is -2.37. The van der Waals surface area contributed by atoms with Crippen molar-refractivity contribution in [1.82, 2.24) is 4.90 Å². The highest BCUT2D eigenvalue weighted by Crippen LogP contribution is 2.45. The van der Waals surface area contributed by atoms with Gasteiger partial charge in [0, 0.05) is 29.2 Å². The van der Waals surface area contributed by atoms with E-state index in [1.54, 1.807) is 0 Å². The van der Waals surface area contributed by atoms with Crippen molar-refractivity contribution in [2.45, 2.75) is 38.0 Å². The molecule has 0 unspecified atom stereocenters. The molecule has 0 aliphatic carbocycles. The molecule has 158 valence electrons. The van der Waals surface area contributed by atoms with E-state index in [1.165, 1.54) is 0 Å². The molecule has 2 aromatic rings. The molecule has 0 atom stereocenters. The van der Waals surface area contributed by atoms with Crippen LogP contribution in [0.3, 0.4) is 0 Å². The second-order valence-corrected chi connectivity index (χ2v) is 8.55. The lowest BCUT2D eigenvalue weighted by molar-refractivity contribution is -0.122. The van der Waals surface area contributed by atoms with Crippen LogP contribution in [-0.4, -0.2) is 42.8 Å². The minimum Gasteiger partial charge on any atom is -0.492 e. The number of hydrogen-bond acceptors (Lipinski definition) is 4. The number of amides is 1. The molecule has 4 rings (SSSR count). The van der Waals surface area contributed by atoms with Gasteiger partial charge in [-0.3, -0.25) is 14.5 Å². The summed E-state index contributed by atoms with van der Waals surface area (Å²) in [6.07, 6.45) is 2.99. The lowest BCUT2D eigenvalue weighted by Crippen LogP contribution is -2.47. The van der Waals surface area contributed by atoms with Crippen LogP contribution < -0.4 is 10.1 Å². The molecular weight excluding hydrogens is 400 g/mol. The topological polar surface area (TPSA) is 58.6 Å². The van der Waals surface area contributed by atoms with Crippen LogP contribution in [-0.2, 0) is 10.2 Å². The van der Waals surface area contributed by atoms with Crippen LogP contribution in [0.15, 0.2) is 42.5 Å².